The molecule has 0 spiro atoms. The number of benzene rings is 1. The van der Waals surface area contributed by atoms with Crippen molar-refractivity contribution in [2.45, 2.75) is 0 Å². The zero-order valence-electron chi connectivity index (χ0n) is 9.25. The summed E-state index contributed by atoms with van der Waals surface area (Å²) in [6.07, 6.45) is 0. The molecule has 0 bridgehead atoms. The Kier molecular flexibility index (Phi) is 4.55. The normalized spacial score (nSPS) is 9.69. The van der Waals surface area contributed by atoms with E-state index in [0.717, 1.165) is 11.1 Å². The van der Waals surface area contributed by atoms with Gasteiger partial charge < -0.3 is 9.47 Å². The Hall–Kier alpha value is -1.29. The van der Waals surface area contributed by atoms with Crippen LogP contribution in [0.25, 0.3) is 5.57 Å². The van der Waals surface area contributed by atoms with E-state index in [1.54, 1.807) is 25.3 Å². The molecule has 0 amide bonds. The molecule has 0 aliphatic heterocycles. The summed E-state index contributed by atoms with van der Waals surface area (Å²) in [5.74, 6) is 0.323. The van der Waals surface area contributed by atoms with E-state index in [-0.39, 0.29) is 5.97 Å². The minimum absolute atomic E-state index is 0.369. The van der Waals surface area contributed by atoms with Crippen LogP contribution in [0.2, 0.25) is 0 Å². The summed E-state index contributed by atoms with van der Waals surface area (Å²) in [6, 6.07) is 5.11. The van der Waals surface area contributed by atoms with Crippen LogP contribution in [-0.4, -0.2) is 25.5 Å². The molecule has 0 aliphatic carbocycles. The molecule has 3 nitrogen and oxygen atoms in total. The third-order valence-electron chi connectivity index (χ3n) is 2.16. The van der Waals surface area contributed by atoms with Crippen LogP contribution >= 0.6 is 15.9 Å². The summed E-state index contributed by atoms with van der Waals surface area (Å²) in [5.41, 5.74) is 2.14. The van der Waals surface area contributed by atoms with Gasteiger partial charge in [-0.05, 0) is 23.8 Å². The SMILES string of the molecule is C=C(CBr)c1cc(C(=O)OC)ccc1OC. The van der Waals surface area contributed by atoms with Crippen LogP contribution in [0.4, 0.5) is 0 Å². The summed E-state index contributed by atoms with van der Waals surface area (Å²) in [6.45, 7) is 3.90. The average molecular weight is 285 g/mol. The highest BCUT2D eigenvalue weighted by molar-refractivity contribution is 9.09. The van der Waals surface area contributed by atoms with Crippen LogP contribution in [-0.2, 0) is 4.74 Å². The fourth-order valence-electron chi connectivity index (χ4n) is 1.30. The number of methoxy groups -OCH3 is 2. The third kappa shape index (κ3) is 2.64. The first kappa shape index (κ1) is 12.8. The summed E-state index contributed by atoms with van der Waals surface area (Å²) in [5, 5.41) is 0.619. The highest BCUT2D eigenvalue weighted by Gasteiger charge is 2.11. The van der Waals surface area contributed by atoms with Crippen molar-refractivity contribution in [2.75, 3.05) is 19.5 Å². The highest BCUT2D eigenvalue weighted by atomic mass is 79.9. The summed E-state index contributed by atoms with van der Waals surface area (Å²) in [7, 11) is 2.93. The van der Waals surface area contributed by atoms with Crippen LogP contribution in [0.5, 0.6) is 5.75 Å². The van der Waals surface area contributed by atoms with Crippen molar-refractivity contribution in [2.24, 2.45) is 0 Å². The number of ether oxygens (including phenoxy) is 2. The molecule has 0 saturated heterocycles. The summed E-state index contributed by atoms with van der Waals surface area (Å²) >= 11 is 3.32. The van der Waals surface area contributed by atoms with Gasteiger partial charge in [-0.3, -0.25) is 0 Å². The van der Waals surface area contributed by atoms with Crippen LogP contribution in [0, 0.1) is 0 Å². The number of alkyl halides is 1. The van der Waals surface area contributed by atoms with E-state index in [1.165, 1.54) is 7.11 Å². The first-order chi connectivity index (χ1) is 7.63. The molecular formula is C12H13BrO3. The molecule has 0 aromatic heterocycles. The number of hydrogen-bond donors (Lipinski definition) is 0. The largest absolute Gasteiger partial charge is 0.496 e. The molecule has 0 N–H and O–H groups in total. The van der Waals surface area contributed by atoms with Crippen molar-refractivity contribution in [3.05, 3.63) is 35.9 Å². The molecule has 0 unspecified atom stereocenters. The van der Waals surface area contributed by atoms with Crippen LogP contribution in [0.15, 0.2) is 24.8 Å². The smallest absolute Gasteiger partial charge is 0.337 e. The molecule has 0 heterocycles. The predicted octanol–water partition coefficient (Wildman–Crippen LogP) is 2.89. The van der Waals surface area contributed by atoms with Gasteiger partial charge >= 0.3 is 5.97 Å². The third-order valence-corrected chi connectivity index (χ3v) is 2.84. The standard InChI is InChI=1S/C12H13BrO3/c1-8(7-13)10-6-9(12(14)16-3)4-5-11(10)15-2/h4-6H,1,7H2,2-3H3. The second-order valence-corrected chi connectivity index (χ2v) is 3.70. The molecule has 0 radical (unpaired) electrons. The Morgan fingerprint density at radius 1 is 1.44 bits per heavy atom. The quantitative estimate of drug-likeness (QED) is 0.630. The summed E-state index contributed by atoms with van der Waals surface area (Å²) in [4.78, 5) is 11.4. The maximum atomic E-state index is 11.4. The Morgan fingerprint density at radius 3 is 2.62 bits per heavy atom. The van der Waals surface area contributed by atoms with Gasteiger partial charge in [-0.25, -0.2) is 4.79 Å². The van der Waals surface area contributed by atoms with Gasteiger partial charge in [-0.1, -0.05) is 22.5 Å². The Balaban J connectivity index is 3.21. The van der Waals surface area contributed by atoms with Gasteiger partial charge in [0, 0.05) is 10.9 Å². The molecule has 1 aromatic rings. The Bertz CT molecular complexity index is 413. The van der Waals surface area contributed by atoms with E-state index in [4.69, 9.17) is 4.74 Å². The molecule has 0 fully saturated rings. The van der Waals surface area contributed by atoms with E-state index in [0.29, 0.717) is 16.6 Å². The molecule has 1 aromatic carbocycles. The van der Waals surface area contributed by atoms with Crippen LogP contribution in [0.1, 0.15) is 15.9 Å². The maximum absolute atomic E-state index is 11.4. The van der Waals surface area contributed by atoms with E-state index in [9.17, 15) is 4.79 Å². The first-order valence-corrected chi connectivity index (χ1v) is 5.76. The molecule has 16 heavy (non-hydrogen) atoms. The van der Waals surface area contributed by atoms with Gasteiger partial charge in [0.25, 0.3) is 0 Å². The monoisotopic (exact) mass is 284 g/mol. The van der Waals surface area contributed by atoms with Crippen molar-refractivity contribution in [3.63, 3.8) is 0 Å². The van der Waals surface area contributed by atoms with Crippen molar-refractivity contribution < 1.29 is 14.3 Å². The van der Waals surface area contributed by atoms with Gasteiger partial charge in [0.05, 0.1) is 19.8 Å². The van der Waals surface area contributed by atoms with E-state index >= 15 is 0 Å². The molecule has 0 aliphatic rings. The van der Waals surface area contributed by atoms with E-state index in [1.807, 2.05) is 0 Å². The lowest BCUT2D eigenvalue weighted by molar-refractivity contribution is 0.0600. The minimum Gasteiger partial charge on any atom is -0.496 e. The van der Waals surface area contributed by atoms with Crippen LogP contribution < -0.4 is 4.74 Å². The predicted molar refractivity (Wildman–Crippen MR) is 67.2 cm³/mol. The second-order valence-electron chi connectivity index (χ2n) is 3.14. The van der Waals surface area contributed by atoms with Gasteiger partial charge in [-0.2, -0.15) is 0 Å². The Morgan fingerprint density at radius 2 is 2.12 bits per heavy atom. The Labute approximate surface area is 103 Å². The number of rotatable bonds is 4. The van der Waals surface area contributed by atoms with Gasteiger partial charge in [-0.15, -0.1) is 0 Å². The lowest BCUT2D eigenvalue weighted by Gasteiger charge is -2.10. The number of carbonyl (C=O) groups is 1. The number of halogens is 1. The topological polar surface area (TPSA) is 35.5 Å². The molecular weight excluding hydrogens is 272 g/mol. The van der Waals surface area contributed by atoms with Crippen molar-refractivity contribution in [3.8, 4) is 5.75 Å². The number of carbonyl (C=O) groups excluding carboxylic acids is 1. The second kappa shape index (κ2) is 5.70. The fraction of sp³-hybridized carbons (Fsp3) is 0.250. The number of allylic oxidation sites excluding steroid dienone is 1. The van der Waals surface area contributed by atoms with Crippen molar-refractivity contribution in [1.29, 1.82) is 0 Å². The molecule has 4 heteroatoms. The highest BCUT2D eigenvalue weighted by Crippen LogP contribution is 2.27. The van der Waals surface area contributed by atoms with Gasteiger partial charge in [0.2, 0.25) is 0 Å². The number of esters is 1. The minimum atomic E-state index is -0.369. The zero-order chi connectivity index (χ0) is 12.1. The van der Waals surface area contributed by atoms with E-state index in [2.05, 4.69) is 27.2 Å². The summed E-state index contributed by atoms with van der Waals surface area (Å²) < 4.78 is 9.86. The van der Waals surface area contributed by atoms with E-state index < -0.39 is 0 Å². The first-order valence-electron chi connectivity index (χ1n) is 4.64. The molecule has 0 saturated carbocycles. The molecule has 1 rings (SSSR count). The van der Waals surface area contributed by atoms with Crippen molar-refractivity contribution >= 4 is 27.5 Å². The van der Waals surface area contributed by atoms with Gasteiger partial charge in [0.15, 0.2) is 0 Å². The number of hydrogen-bond acceptors (Lipinski definition) is 3. The lowest BCUT2D eigenvalue weighted by atomic mass is 10.0. The molecule has 0 atom stereocenters. The fourth-order valence-corrected chi connectivity index (χ4v) is 1.60. The maximum Gasteiger partial charge on any atom is 0.337 e. The van der Waals surface area contributed by atoms with Gasteiger partial charge in [0.1, 0.15) is 5.75 Å². The average Bonchev–Trinajstić information content (AvgIpc) is 2.35. The zero-order valence-corrected chi connectivity index (χ0v) is 10.8. The van der Waals surface area contributed by atoms with Crippen molar-refractivity contribution in [1.82, 2.24) is 0 Å². The molecule has 86 valence electrons. The lowest BCUT2D eigenvalue weighted by Crippen LogP contribution is -2.03. The van der Waals surface area contributed by atoms with Crippen LogP contribution in [0.3, 0.4) is 0 Å².